The molecular weight excluding hydrogens is 394 g/mol. The smallest absolute Gasteiger partial charge is 0.107 e. The van der Waals surface area contributed by atoms with Crippen LogP contribution in [-0.2, 0) is 19.3 Å². The van der Waals surface area contributed by atoms with E-state index in [-0.39, 0.29) is 0 Å². The van der Waals surface area contributed by atoms with E-state index in [9.17, 15) is 0 Å². The molecule has 5 rings (SSSR count). The van der Waals surface area contributed by atoms with Crippen molar-refractivity contribution in [2.45, 2.75) is 32.6 Å². The summed E-state index contributed by atoms with van der Waals surface area (Å²) in [6, 6.07) is 22.8. The van der Waals surface area contributed by atoms with Crippen LogP contribution in [0.25, 0.3) is 33.7 Å². The fourth-order valence-electron chi connectivity index (χ4n) is 3.97. The first-order valence-electron chi connectivity index (χ1n) is 11.1. The molecule has 0 aliphatic carbocycles. The van der Waals surface area contributed by atoms with Gasteiger partial charge in [0.25, 0.3) is 0 Å². The molecule has 0 saturated carbocycles. The van der Waals surface area contributed by atoms with Crippen molar-refractivity contribution in [1.82, 2.24) is 24.9 Å². The van der Waals surface area contributed by atoms with E-state index in [1.165, 1.54) is 5.56 Å². The van der Waals surface area contributed by atoms with Crippen molar-refractivity contribution in [2.24, 2.45) is 0 Å². The zero-order chi connectivity index (χ0) is 21.8. The van der Waals surface area contributed by atoms with Crippen LogP contribution in [0.3, 0.4) is 0 Å². The fourth-order valence-corrected chi connectivity index (χ4v) is 3.97. The first kappa shape index (κ1) is 20.1. The van der Waals surface area contributed by atoms with Gasteiger partial charge in [0.05, 0.1) is 28.1 Å². The maximum Gasteiger partial charge on any atom is 0.107 e. The predicted molar refractivity (Wildman–Crippen MR) is 128 cm³/mol. The van der Waals surface area contributed by atoms with Gasteiger partial charge in [-0.05, 0) is 42.7 Å². The van der Waals surface area contributed by atoms with Gasteiger partial charge in [-0.25, -0.2) is 4.98 Å². The van der Waals surface area contributed by atoms with E-state index in [0.29, 0.717) is 0 Å². The number of hydrogen-bond donors (Lipinski definition) is 1. The molecule has 0 atom stereocenters. The zero-order valence-electron chi connectivity index (χ0n) is 18.1. The van der Waals surface area contributed by atoms with Gasteiger partial charge in [-0.3, -0.25) is 15.0 Å². The molecule has 5 aromatic rings. The summed E-state index contributed by atoms with van der Waals surface area (Å²) in [6.45, 7) is 2.17. The van der Waals surface area contributed by atoms with Crippen LogP contribution in [0.2, 0.25) is 0 Å². The predicted octanol–water partition coefficient (Wildman–Crippen LogP) is 5.82. The average Bonchev–Trinajstić information content (AvgIpc) is 3.28. The Hall–Kier alpha value is -3.86. The highest BCUT2D eigenvalue weighted by atomic mass is 15.0. The van der Waals surface area contributed by atoms with Crippen molar-refractivity contribution in [1.29, 1.82) is 0 Å². The molecule has 158 valence electrons. The molecule has 2 aromatic carbocycles. The van der Waals surface area contributed by atoms with Gasteiger partial charge in [-0.2, -0.15) is 0 Å². The molecule has 1 N–H and O–H groups in total. The van der Waals surface area contributed by atoms with Gasteiger partial charge in [-0.15, -0.1) is 0 Å². The molecule has 0 radical (unpaired) electrons. The van der Waals surface area contributed by atoms with Crippen LogP contribution in [0.5, 0.6) is 0 Å². The van der Waals surface area contributed by atoms with Crippen LogP contribution in [0.4, 0.5) is 0 Å². The third-order valence-corrected chi connectivity index (χ3v) is 5.56. The van der Waals surface area contributed by atoms with E-state index < -0.39 is 0 Å². The molecule has 5 heteroatoms. The van der Waals surface area contributed by atoms with E-state index in [2.05, 4.69) is 76.5 Å². The summed E-state index contributed by atoms with van der Waals surface area (Å²) in [4.78, 5) is 22.4. The minimum absolute atomic E-state index is 0.832. The standard InChI is InChI=1S/C27H25N5/c1-2-7-21-10-6-11-23(30-21)27-26(20-13-14-22-24(18-20)29-17-16-28-22)31-25(32-27)15-12-19-8-4-3-5-9-19/h3-6,8-11,13-14,16-18H,2,7,12,15H2,1H3,(H,31,32). The van der Waals surface area contributed by atoms with Crippen LogP contribution in [-0.4, -0.2) is 24.9 Å². The number of pyridine rings is 1. The Morgan fingerprint density at radius 2 is 1.59 bits per heavy atom. The lowest BCUT2D eigenvalue weighted by Gasteiger charge is -2.06. The van der Waals surface area contributed by atoms with E-state index in [0.717, 1.165) is 70.9 Å². The summed E-state index contributed by atoms with van der Waals surface area (Å²) < 4.78 is 0. The van der Waals surface area contributed by atoms with Crippen molar-refractivity contribution in [3.05, 3.63) is 96.2 Å². The highest BCUT2D eigenvalue weighted by Gasteiger charge is 2.16. The number of aromatic amines is 1. The quantitative estimate of drug-likeness (QED) is 0.361. The maximum absolute atomic E-state index is 5.01. The molecule has 0 amide bonds. The number of nitrogens with zero attached hydrogens (tertiary/aromatic N) is 4. The fraction of sp³-hybridized carbons (Fsp3) is 0.185. The lowest BCUT2D eigenvalue weighted by Crippen LogP contribution is -1.94. The van der Waals surface area contributed by atoms with Gasteiger partial charge >= 0.3 is 0 Å². The number of hydrogen-bond acceptors (Lipinski definition) is 4. The Morgan fingerprint density at radius 3 is 2.44 bits per heavy atom. The minimum Gasteiger partial charge on any atom is -0.340 e. The van der Waals surface area contributed by atoms with Gasteiger partial charge in [0.2, 0.25) is 0 Å². The normalized spacial score (nSPS) is 11.2. The molecule has 3 heterocycles. The van der Waals surface area contributed by atoms with Crippen LogP contribution in [0.15, 0.2) is 79.1 Å². The molecule has 32 heavy (non-hydrogen) atoms. The van der Waals surface area contributed by atoms with Crippen LogP contribution < -0.4 is 0 Å². The van der Waals surface area contributed by atoms with Gasteiger partial charge in [0, 0.05) is 30.1 Å². The molecule has 0 aliphatic heterocycles. The van der Waals surface area contributed by atoms with E-state index in [4.69, 9.17) is 9.97 Å². The van der Waals surface area contributed by atoms with Crippen LogP contribution in [0, 0.1) is 0 Å². The van der Waals surface area contributed by atoms with E-state index >= 15 is 0 Å². The van der Waals surface area contributed by atoms with E-state index in [1.807, 2.05) is 12.1 Å². The van der Waals surface area contributed by atoms with Crippen LogP contribution >= 0.6 is 0 Å². The minimum atomic E-state index is 0.832. The summed E-state index contributed by atoms with van der Waals surface area (Å²) >= 11 is 0. The zero-order valence-corrected chi connectivity index (χ0v) is 18.1. The first-order valence-corrected chi connectivity index (χ1v) is 11.1. The number of aryl methyl sites for hydroxylation is 3. The second-order valence-electron chi connectivity index (χ2n) is 7.92. The molecule has 0 saturated heterocycles. The average molecular weight is 420 g/mol. The molecule has 0 fully saturated rings. The molecule has 0 spiro atoms. The van der Waals surface area contributed by atoms with Crippen LogP contribution in [0.1, 0.15) is 30.4 Å². The number of nitrogens with one attached hydrogen (secondary N) is 1. The topological polar surface area (TPSA) is 67.3 Å². The summed E-state index contributed by atoms with van der Waals surface area (Å²) in [7, 11) is 0. The highest BCUT2D eigenvalue weighted by Crippen LogP contribution is 2.31. The molecule has 0 unspecified atom stereocenters. The number of imidazole rings is 1. The van der Waals surface area contributed by atoms with Crippen molar-refractivity contribution in [2.75, 3.05) is 0 Å². The second-order valence-corrected chi connectivity index (χ2v) is 7.92. The third-order valence-electron chi connectivity index (χ3n) is 5.56. The summed E-state index contributed by atoms with van der Waals surface area (Å²) in [5.74, 6) is 0.959. The number of fused-ring (bicyclic) bond motifs is 1. The van der Waals surface area contributed by atoms with Gasteiger partial charge in [0.15, 0.2) is 0 Å². The number of H-pyrrole nitrogens is 1. The van der Waals surface area contributed by atoms with Crippen molar-refractivity contribution in [3.8, 4) is 22.6 Å². The maximum atomic E-state index is 5.01. The number of aromatic nitrogens is 5. The molecule has 3 aromatic heterocycles. The SMILES string of the molecule is CCCc1cccc(-c2[nH]c(CCc3ccccc3)nc2-c2ccc3nccnc3c2)n1. The van der Waals surface area contributed by atoms with Gasteiger partial charge in [0.1, 0.15) is 5.82 Å². The first-order chi connectivity index (χ1) is 15.8. The summed E-state index contributed by atoms with van der Waals surface area (Å²) in [5, 5.41) is 0. The van der Waals surface area contributed by atoms with Crippen molar-refractivity contribution >= 4 is 11.0 Å². The summed E-state index contributed by atoms with van der Waals surface area (Å²) in [5.41, 5.74) is 7.92. The van der Waals surface area contributed by atoms with Crippen molar-refractivity contribution < 1.29 is 0 Å². The Bertz CT molecular complexity index is 1340. The second kappa shape index (κ2) is 9.10. The van der Waals surface area contributed by atoms with E-state index in [1.54, 1.807) is 12.4 Å². The number of benzene rings is 2. The lowest BCUT2D eigenvalue weighted by molar-refractivity contribution is 0.879. The van der Waals surface area contributed by atoms with Gasteiger partial charge < -0.3 is 4.98 Å². The van der Waals surface area contributed by atoms with Gasteiger partial charge in [-0.1, -0.05) is 55.8 Å². The number of rotatable bonds is 7. The monoisotopic (exact) mass is 419 g/mol. The van der Waals surface area contributed by atoms with Crippen molar-refractivity contribution in [3.63, 3.8) is 0 Å². The Morgan fingerprint density at radius 1 is 0.750 bits per heavy atom. The Balaban J connectivity index is 1.56. The molecule has 0 bridgehead atoms. The largest absolute Gasteiger partial charge is 0.340 e. The lowest BCUT2D eigenvalue weighted by atomic mass is 10.1. The third kappa shape index (κ3) is 4.28. The Labute approximate surface area is 187 Å². The molecular formula is C27H25N5. The molecule has 0 aliphatic rings. The molecule has 5 nitrogen and oxygen atoms in total. The Kier molecular flexibility index (Phi) is 5.71. The summed E-state index contributed by atoms with van der Waals surface area (Å²) in [6.07, 6.45) is 7.23. The highest BCUT2D eigenvalue weighted by molar-refractivity contribution is 5.84.